The molecule has 0 bridgehead atoms. The number of hydrogen-bond donors (Lipinski definition) is 2. The van der Waals surface area contributed by atoms with E-state index in [-0.39, 0.29) is 18.1 Å². The molecule has 1 aliphatic heterocycles. The van der Waals surface area contributed by atoms with Crippen LogP contribution in [-0.2, 0) is 9.47 Å². The van der Waals surface area contributed by atoms with Crippen LogP contribution >= 0.6 is 12.6 Å². The monoisotopic (exact) mass is 327 g/mol. The van der Waals surface area contributed by atoms with Gasteiger partial charge in [0.25, 0.3) is 0 Å². The molecule has 1 fully saturated rings. The van der Waals surface area contributed by atoms with Gasteiger partial charge in [0.1, 0.15) is 17.6 Å². The maximum atomic E-state index is 12.0. The van der Waals surface area contributed by atoms with Crippen molar-refractivity contribution < 1.29 is 14.3 Å². The molecule has 1 N–H and O–H groups in total. The van der Waals surface area contributed by atoms with Crippen LogP contribution in [0.1, 0.15) is 39.8 Å². The fourth-order valence-corrected chi connectivity index (χ4v) is 2.40. The second kappa shape index (κ2) is 6.70. The van der Waals surface area contributed by atoms with Crippen molar-refractivity contribution in [2.45, 2.75) is 51.5 Å². The van der Waals surface area contributed by atoms with Crippen molar-refractivity contribution in [2.75, 3.05) is 11.1 Å². The summed E-state index contributed by atoms with van der Waals surface area (Å²) in [7, 11) is 0. The molecule has 1 aliphatic rings. The molecule has 0 aromatic carbocycles. The van der Waals surface area contributed by atoms with Crippen LogP contribution < -0.4 is 11.0 Å². The van der Waals surface area contributed by atoms with Crippen molar-refractivity contribution in [3.8, 4) is 0 Å². The Morgan fingerprint density at radius 3 is 2.82 bits per heavy atom. The van der Waals surface area contributed by atoms with Crippen LogP contribution in [-0.4, -0.2) is 33.1 Å². The summed E-state index contributed by atoms with van der Waals surface area (Å²) in [6.45, 7) is 5.27. The molecule has 8 heteroatoms. The molecule has 122 valence electrons. The molecule has 1 aromatic heterocycles. The average Bonchev–Trinajstić information content (AvgIpc) is 2.85. The summed E-state index contributed by atoms with van der Waals surface area (Å²) < 4.78 is 12.2. The number of amides is 1. The molecule has 22 heavy (non-hydrogen) atoms. The Bertz CT molecular complexity index is 596. The summed E-state index contributed by atoms with van der Waals surface area (Å²) >= 11 is 4.19. The van der Waals surface area contributed by atoms with Gasteiger partial charge < -0.3 is 9.47 Å². The molecule has 0 spiro atoms. The molecule has 1 saturated heterocycles. The quantitative estimate of drug-likeness (QED) is 0.832. The number of carbonyl (C=O) groups is 1. The third-order valence-electron chi connectivity index (χ3n) is 3.06. The first kappa shape index (κ1) is 16.8. The third-order valence-corrected chi connectivity index (χ3v) is 3.47. The number of thiol groups is 1. The van der Waals surface area contributed by atoms with Crippen molar-refractivity contribution in [3.05, 3.63) is 22.7 Å². The molecule has 0 radical (unpaired) electrons. The molecule has 0 aliphatic carbocycles. The molecule has 0 saturated carbocycles. The van der Waals surface area contributed by atoms with Gasteiger partial charge in [-0.25, -0.2) is 9.59 Å². The van der Waals surface area contributed by atoms with Gasteiger partial charge in [-0.15, -0.1) is 0 Å². The van der Waals surface area contributed by atoms with E-state index in [1.807, 2.05) is 0 Å². The molecular weight excluding hydrogens is 306 g/mol. The number of carbonyl (C=O) groups excluding carboxylic acids is 1. The number of nitrogens with zero attached hydrogens (tertiary/aromatic N) is 2. The zero-order valence-electron chi connectivity index (χ0n) is 12.9. The van der Waals surface area contributed by atoms with E-state index in [1.165, 1.54) is 4.57 Å². The van der Waals surface area contributed by atoms with Crippen LogP contribution in [0.2, 0.25) is 0 Å². The Hall–Kier alpha value is -1.54. The first-order valence-electron chi connectivity index (χ1n) is 7.14. The summed E-state index contributed by atoms with van der Waals surface area (Å²) in [5.41, 5.74) is -1.09. The van der Waals surface area contributed by atoms with E-state index in [9.17, 15) is 9.59 Å². The van der Waals surface area contributed by atoms with Crippen molar-refractivity contribution in [3.63, 3.8) is 0 Å². The third kappa shape index (κ3) is 4.48. The van der Waals surface area contributed by atoms with Crippen LogP contribution in [0.25, 0.3) is 0 Å². The largest absolute Gasteiger partial charge is 0.444 e. The molecule has 1 amide bonds. The minimum atomic E-state index is -0.649. The van der Waals surface area contributed by atoms with Crippen LogP contribution in [0.5, 0.6) is 0 Å². The summed E-state index contributed by atoms with van der Waals surface area (Å²) in [6.07, 6.45) is 2.24. The molecule has 2 rings (SSSR count). The molecule has 0 unspecified atom stereocenters. The second-order valence-corrected chi connectivity index (χ2v) is 6.47. The lowest BCUT2D eigenvalue weighted by molar-refractivity contribution is 0.0103. The minimum absolute atomic E-state index is 0.0554. The van der Waals surface area contributed by atoms with E-state index in [4.69, 9.17) is 9.47 Å². The molecule has 1 aromatic rings. The maximum Gasteiger partial charge on any atom is 0.413 e. The van der Waals surface area contributed by atoms with Crippen molar-refractivity contribution in [1.29, 1.82) is 0 Å². The first-order valence-corrected chi connectivity index (χ1v) is 7.77. The lowest BCUT2D eigenvalue weighted by Gasteiger charge is -2.19. The van der Waals surface area contributed by atoms with Gasteiger partial charge in [-0.3, -0.25) is 9.88 Å². The number of rotatable bonds is 3. The first-order chi connectivity index (χ1) is 10.3. The van der Waals surface area contributed by atoms with Gasteiger partial charge in [0.05, 0.1) is 6.10 Å². The number of hydrogen-bond acceptors (Lipinski definition) is 6. The normalized spacial score (nSPS) is 21.6. The Kier molecular flexibility index (Phi) is 5.12. The molecule has 2 atom stereocenters. The minimum Gasteiger partial charge on any atom is -0.444 e. The highest BCUT2D eigenvalue weighted by Gasteiger charge is 2.26. The van der Waals surface area contributed by atoms with E-state index >= 15 is 0 Å². The number of anilines is 1. The van der Waals surface area contributed by atoms with Gasteiger partial charge in [0, 0.05) is 11.9 Å². The van der Waals surface area contributed by atoms with Gasteiger partial charge >= 0.3 is 11.8 Å². The van der Waals surface area contributed by atoms with Crippen molar-refractivity contribution in [1.82, 2.24) is 9.55 Å². The van der Waals surface area contributed by atoms with Gasteiger partial charge in [-0.2, -0.15) is 17.6 Å². The van der Waals surface area contributed by atoms with E-state index in [2.05, 4.69) is 22.9 Å². The van der Waals surface area contributed by atoms with Crippen LogP contribution in [0.3, 0.4) is 0 Å². The lowest BCUT2D eigenvalue weighted by Crippen LogP contribution is -2.30. The smallest absolute Gasteiger partial charge is 0.413 e. The van der Waals surface area contributed by atoms with E-state index < -0.39 is 17.4 Å². The van der Waals surface area contributed by atoms with Gasteiger partial charge in [0.2, 0.25) is 0 Å². The summed E-state index contributed by atoms with van der Waals surface area (Å²) in [5.74, 6) is 0.774. The standard InChI is InChI=1S/C14H21N3O4S/c1-14(2,3)21-13(19)16-10-6-7-17(12(18)15-10)11-5-4-9(8-22)20-11/h6-7,9,11,22H,4-5,8H2,1-3H3,(H,15,16,18,19)/t9-,11+/m0/s1. The highest BCUT2D eigenvalue weighted by molar-refractivity contribution is 7.80. The summed E-state index contributed by atoms with van der Waals surface area (Å²) in [5, 5.41) is 2.44. The fourth-order valence-electron chi connectivity index (χ4n) is 2.14. The zero-order valence-corrected chi connectivity index (χ0v) is 13.8. The van der Waals surface area contributed by atoms with Crippen molar-refractivity contribution >= 4 is 24.5 Å². The lowest BCUT2D eigenvalue weighted by atomic mass is 10.2. The second-order valence-electron chi connectivity index (χ2n) is 6.10. The Balaban J connectivity index is 2.04. The van der Waals surface area contributed by atoms with E-state index in [0.29, 0.717) is 5.75 Å². The predicted octanol–water partition coefficient (Wildman–Crippen LogP) is 2.20. The Labute approximate surface area is 134 Å². The van der Waals surface area contributed by atoms with Gasteiger partial charge in [-0.1, -0.05) is 0 Å². The average molecular weight is 327 g/mol. The highest BCUT2D eigenvalue weighted by Crippen LogP contribution is 2.27. The molecule has 2 heterocycles. The van der Waals surface area contributed by atoms with Crippen LogP contribution in [0.4, 0.5) is 10.6 Å². The number of aromatic nitrogens is 2. The highest BCUT2D eigenvalue weighted by atomic mass is 32.1. The zero-order chi connectivity index (χ0) is 16.3. The van der Waals surface area contributed by atoms with Gasteiger partial charge in [0.15, 0.2) is 0 Å². The topological polar surface area (TPSA) is 82.5 Å². The SMILES string of the molecule is CC(C)(C)OC(=O)Nc1ccn([C@H]2CC[C@@H](CS)O2)c(=O)n1. The predicted molar refractivity (Wildman–Crippen MR) is 85.4 cm³/mol. The summed E-state index contributed by atoms with van der Waals surface area (Å²) in [6, 6.07) is 1.54. The Morgan fingerprint density at radius 1 is 1.55 bits per heavy atom. The fraction of sp³-hybridized carbons (Fsp3) is 0.643. The number of nitrogens with one attached hydrogen (secondary N) is 1. The van der Waals surface area contributed by atoms with E-state index in [1.54, 1.807) is 33.0 Å². The molecular formula is C14H21N3O4S. The Morgan fingerprint density at radius 2 is 2.27 bits per heavy atom. The van der Waals surface area contributed by atoms with Gasteiger partial charge in [-0.05, 0) is 39.7 Å². The van der Waals surface area contributed by atoms with Crippen molar-refractivity contribution in [2.24, 2.45) is 0 Å². The maximum absolute atomic E-state index is 12.0. The van der Waals surface area contributed by atoms with E-state index in [0.717, 1.165) is 12.8 Å². The molecule has 7 nitrogen and oxygen atoms in total. The van der Waals surface area contributed by atoms with Crippen LogP contribution in [0, 0.1) is 0 Å². The van der Waals surface area contributed by atoms with Crippen LogP contribution in [0.15, 0.2) is 17.1 Å². The number of ether oxygens (including phenoxy) is 2. The summed E-state index contributed by atoms with van der Waals surface area (Å²) in [4.78, 5) is 27.5.